The van der Waals surface area contributed by atoms with Gasteiger partial charge in [0.05, 0.1) is 17.4 Å². The van der Waals surface area contributed by atoms with Crippen molar-refractivity contribution in [3.8, 4) is 0 Å². The second-order valence-electron chi connectivity index (χ2n) is 8.69. The van der Waals surface area contributed by atoms with Crippen molar-refractivity contribution in [1.29, 1.82) is 0 Å². The number of allylic oxidation sites excluding steroid dienone is 1. The molecule has 0 saturated heterocycles. The number of hydrogen-bond acceptors (Lipinski definition) is 3. The third kappa shape index (κ3) is 3.88. The summed E-state index contributed by atoms with van der Waals surface area (Å²) in [6, 6.07) is 9.19. The molecule has 1 amide bonds. The molecule has 0 saturated carbocycles. The molecule has 1 atom stereocenters. The maximum atomic E-state index is 13.8. The van der Waals surface area contributed by atoms with Gasteiger partial charge in [-0.25, -0.2) is 0 Å². The van der Waals surface area contributed by atoms with Gasteiger partial charge in [-0.05, 0) is 36.1 Å². The first-order chi connectivity index (χ1) is 14.9. The molecule has 1 heterocycles. The lowest BCUT2D eigenvalue weighted by Gasteiger charge is -2.37. The van der Waals surface area contributed by atoms with E-state index in [1.807, 2.05) is 13.8 Å². The molecule has 0 spiro atoms. The van der Waals surface area contributed by atoms with E-state index >= 15 is 0 Å². The summed E-state index contributed by atoms with van der Waals surface area (Å²) in [5, 5.41) is 3.26. The maximum absolute atomic E-state index is 13.8. The summed E-state index contributed by atoms with van der Waals surface area (Å²) in [6.45, 7) is 3.81. The molecule has 0 radical (unpaired) electrons. The normalized spacial score (nSPS) is 20.3. The Morgan fingerprint density at radius 1 is 1.06 bits per heavy atom. The first kappa shape index (κ1) is 22.7. The number of alkyl halides is 3. The predicted octanol–water partition coefficient (Wildman–Crippen LogP) is 6.70. The van der Waals surface area contributed by atoms with Crippen molar-refractivity contribution in [3.05, 3.63) is 69.3 Å². The van der Waals surface area contributed by atoms with Crippen molar-refractivity contribution < 1.29 is 22.8 Å². The van der Waals surface area contributed by atoms with Gasteiger partial charge in [-0.2, -0.15) is 13.2 Å². The second-order valence-corrected chi connectivity index (χ2v) is 9.50. The standard InChI is InChI=1S/C23H19Cl2F3N2O2/c1-22(2)10-15-19(17(31)11-22)20(18-12(24)6-5-7-13(18)25)30(21(32)23(26,27)28)16-9-4-3-8-14(16)29-15/h3-9,20,29H,10-11H2,1-2H3/t20-/m1/s1. The van der Waals surface area contributed by atoms with Crippen LogP contribution in [0.25, 0.3) is 0 Å². The number of hydrogen-bond donors (Lipinski definition) is 1. The summed E-state index contributed by atoms with van der Waals surface area (Å²) in [5.74, 6) is -2.48. The first-order valence-electron chi connectivity index (χ1n) is 9.87. The molecule has 2 aromatic rings. The van der Waals surface area contributed by atoms with Gasteiger partial charge in [-0.1, -0.05) is 55.2 Å². The number of anilines is 2. The fourth-order valence-corrected chi connectivity index (χ4v) is 5.00. The summed E-state index contributed by atoms with van der Waals surface area (Å²) in [5.41, 5.74) is 0.443. The minimum absolute atomic E-state index is 0.0178. The van der Waals surface area contributed by atoms with E-state index in [0.29, 0.717) is 17.0 Å². The molecule has 0 bridgehead atoms. The molecule has 1 aliphatic carbocycles. The number of benzene rings is 2. The van der Waals surface area contributed by atoms with Crippen molar-refractivity contribution in [2.45, 2.75) is 38.9 Å². The van der Waals surface area contributed by atoms with Crippen LogP contribution in [0, 0.1) is 5.41 Å². The van der Waals surface area contributed by atoms with Gasteiger partial charge in [0, 0.05) is 33.3 Å². The number of nitrogens with one attached hydrogen (secondary N) is 1. The fraction of sp³-hybridized carbons (Fsp3) is 0.304. The van der Waals surface area contributed by atoms with Crippen LogP contribution in [-0.4, -0.2) is 17.9 Å². The Morgan fingerprint density at radius 2 is 1.69 bits per heavy atom. The zero-order valence-electron chi connectivity index (χ0n) is 17.2. The zero-order chi connectivity index (χ0) is 23.4. The van der Waals surface area contributed by atoms with E-state index in [-0.39, 0.29) is 44.8 Å². The number of carbonyl (C=O) groups is 2. The number of carbonyl (C=O) groups excluding carboxylic acids is 2. The number of amides is 1. The van der Waals surface area contributed by atoms with Gasteiger partial charge in [0.2, 0.25) is 0 Å². The summed E-state index contributed by atoms with van der Waals surface area (Å²) in [6.07, 6.45) is -4.69. The molecule has 0 fully saturated rings. The van der Waals surface area contributed by atoms with Gasteiger partial charge in [0.15, 0.2) is 5.78 Å². The molecule has 168 valence electrons. The van der Waals surface area contributed by atoms with Crippen LogP contribution in [-0.2, 0) is 9.59 Å². The Balaban J connectivity index is 2.10. The molecule has 4 rings (SSSR count). The number of para-hydroxylation sites is 2. The van der Waals surface area contributed by atoms with Gasteiger partial charge in [0.25, 0.3) is 0 Å². The number of halogens is 5. The SMILES string of the molecule is CC1(C)CC(=O)C2=C(C1)Nc1ccccc1N(C(=O)C(F)(F)F)[C@@H]2c1c(Cl)cccc1Cl. The maximum Gasteiger partial charge on any atom is 0.471 e. The number of nitrogens with zero attached hydrogens (tertiary/aromatic N) is 1. The minimum atomic E-state index is -5.19. The van der Waals surface area contributed by atoms with Crippen molar-refractivity contribution in [1.82, 2.24) is 0 Å². The molecule has 4 nitrogen and oxygen atoms in total. The Bertz CT molecular complexity index is 1140. The van der Waals surface area contributed by atoms with E-state index in [4.69, 9.17) is 23.2 Å². The van der Waals surface area contributed by atoms with Gasteiger partial charge in [0.1, 0.15) is 0 Å². The average Bonchev–Trinajstić information content (AvgIpc) is 2.80. The molecular formula is C23H19Cl2F3N2O2. The molecule has 0 unspecified atom stereocenters. The zero-order valence-corrected chi connectivity index (χ0v) is 18.7. The monoisotopic (exact) mass is 482 g/mol. The van der Waals surface area contributed by atoms with Crippen LogP contribution < -0.4 is 10.2 Å². The van der Waals surface area contributed by atoms with Crippen LogP contribution in [0.1, 0.15) is 38.3 Å². The molecule has 2 aromatic carbocycles. The number of ketones is 1. The quantitative estimate of drug-likeness (QED) is 0.491. The summed E-state index contributed by atoms with van der Waals surface area (Å²) in [7, 11) is 0. The Kier molecular flexibility index (Phi) is 5.54. The summed E-state index contributed by atoms with van der Waals surface area (Å²) in [4.78, 5) is 26.8. The molecule has 1 aliphatic heterocycles. The number of rotatable bonds is 1. The Hall–Kier alpha value is -2.51. The van der Waals surface area contributed by atoms with Crippen LogP contribution in [0.15, 0.2) is 53.7 Å². The topological polar surface area (TPSA) is 49.4 Å². The van der Waals surface area contributed by atoms with Crippen LogP contribution >= 0.6 is 23.2 Å². The highest BCUT2D eigenvalue weighted by Gasteiger charge is 2.51. The molecular weight excluding hydrogens is 464 g/mol. The highest BCUT2D eigenvalue weighted by Crippen LogP contribution is 2.51. The lowest BCUT2D eigenvalue weighted by molar-refractivity contribution is -0.170. The van der Waals surface area contributed by atoms with Gasteiger partial charge < -0.3 is 5.32 Å². The molecule has 32 heavy (non-hydrogen) atoms. The van der Waals surface area contributed by atoms with Crippen LogP contribution in [0.2, 0.25) is 10.0 Å². The highest BCUT2D eigenvalue weighted by atomic mass is 35.5. The fourth-order valence-electron chi connectivity index (χ4n) is 4.39. The van der Waals surface area contributed by atoms with E-state index in [2.05, 4.69) is 5.32 Å². The van der Waals surface area contributed by atoms with E-state index < -0.39 is 23.5 Å². The lowest BCUT2D eigenvalue weighted by Crippen LogP contribution is -2.45. The number of fused-ring (bicyclic) bond motifs is 1. The lowest BCUT2D eigenvalue weighted by atomic mass is 9.73. The average molecular weight is 483 g/mol. The van der Waals surface area contributed by atoms with Crippen LogP contribution in [0.3, 0.4) is 0 Å². The summed E-state index contributed by atoms with van der Waals surface area (Å²) < 4.78 is 41.4. The number of Topliss-reactive ketones (excluding diaryl/α,β-unsaturated/α-hetero) is 1. The molecule has 9 heteroatoms. The van der Waals surface area contributed by atoms with E-state index in [9.17, 15) is 22.8 Å². The van der Waals surface area contributed by atoms with Crippen LogP contribution in [0.5, 0.6) is 0 Å². The van der Waals surface area contributed by atoms with E-state index in [1.54, 1.807) is 18.2 Å². The molecule has 1 N–H and O–H groups in total. The van der Waals surface area contributed by atoms with E-state index in [0.717, 1.165) is 0 Å². The summed E-state index contributed by atoms with van der Waals surface area (Å²) >= 11 is 12.8. The van der Waals surface area contributed by atoms with Crippen molar-refractivity contribution in [2.24, 2.45) is 5.41 Å². The Morgan fingerprint density at radius 3 is 2.31 bits per heavy atom. The molecule has 2 aliphatic rings. The van der Waals surface area contributed by atoms with Gasteiger partial charge >= 0.3 is 12.1 Å². The second kappa shape index (κ2) is 7.81. The smallest absolute Gasteiger partial charge is 0.357 e. The molecule has 0 aromatic heterocycles. The van der Waals surface area contributed by atoms with Crippen molar-refractivity contribution in [3.63, 3.8) is 0 Å². The first-order valence-corrected chi connectivity index (χ1v) is 10.6. The van der Waals surface area contributed by atoms with Crippen molar-refractivity contribution in [2.75, 3.05) is 10.2 Å². The third-order valence-electron chi connectivity index (χ3n) is 5.64. The predicted molar refractivity (Wildman–Crippen MR) is 118 cm³/mol. The van der Waals surface area contributed by atoms with Crippen LogP contribution in [0.4, 0.5) is 24.5 Å². The van der Waals surface area contributed by atoms with Gasteiger partial charge in [-0.3, -0.25) is 14.5 Å². The Labute approximate surface area is 193 Å². The third-order valence-corrected chi connectivity index (χ3v) is 6.29. The minimum Gasteiger partial charge on any atom is -0.357 e. The largest absolute Gasteiger partial charge is 0.471 e. The van der Waals surface area contributed by atoms with Gasteiger partial charge in [-0.15, -0.1) is 0 Å². The highest BCUT2D eigenvalue weighted by molar-refractivity contribution is 6.36. The van der Waals surface area contributed by atoms with Crippen molar-refractivity contribution >= 4 is 46.3 Å². The van der Waals surface area contributed by atoms with E-state index in [1.165, 1.54) is 24.3 Å².